The zero-order chi connectivity index (χ0) is 15.2. The third kappa shape index (κ3) is 4.11. The number of nitrogens with one attached hydrogen (secondary N) is 1. The molecule has 0 aliphatic rings. The maximum atomic E-state index is 13.3. The Balaban J connectivity index is 2.01. The minimum absolute atomic E-state index is 0.0262. The van der Waals surface area contributed by atoms with Crippen molar-refractivity contribution in [2.24, 2.45) is 0 Å². The molecule has 0 radical (unpaired) electrons. The zero-order valence-electron chi connectivity index (χ0n) is 12.0. The number of hydrogen-bond acceptors (Lipinski definition) is 3. The van der Waals surface area contributed by atoms with Crippen LogP contribution in [-0.4, -0.2) is 10.2 Å². The second kappa shape index (κ2) is 7.31. The van der Waals surface area contributed by atoms with Gasteiger partial charge in [-0.05, 0) is 35.7 Å². The molecule has 1 unspecified atom stereocenters. The molecule has 0 spiro atoms. The van der Waals surface area contributed by atoms with Crippen LogP contribution in [0, 0.1) is 5.82 Å². The van der Waals surface area contributed by atoms with Crippen LogP contribution in [-0.2, 0) is 19.8 Å². The molecule has 4 heteroatoms. The highest BCUT2D eigenvalue weighted by molar-refractivity contribution is 5.27. The summed E-state index contributed by atoms with van der Waals surface area (Å²) >= 11 is 0. The van der Waals surface area contributed by atoms with Crippen LogP contribution in [0.5, 0.6) is 0 Å². The first-order valence-electron chi connectivity index (χ1n) is 6.95. The van der Waals surface area contributed by atoms with Gasteiger partial charge in [0.2, 0.25) is 0 Å². The van der Waals surface area contributed by atoms with E-state index in [9.17, 15) is 4.39 Å². The summed E-state index contributed by atoms with van der Waals surface area (Å²) in [5.74, 6) is -0.384. The van der Waals surface area contributed by atoms with Crippen LogP contribution in [0.4, 0.5) is 4.39 Å². The third-order valence-electron chi connectivity index (χ3n) is 3.53. The summed E-state index contributed by atoms with van der Waals surface area (Å²) < 4.78 is 13.3. The van der Waals surface area contributed by atoms with Crippen LogP contribution in [0.1, 0.15) is 35.2 Å². The fourth-order valence-electron chi connectivity index (χ4n) is 2.21. The molecule has 2 aromatic rings. The first-order valence-corrected chi connectivity index (χ1v) is 6.95. The first-order chi connectivity index (χ1) is 10.1. The lowest BCUT2D eigenvalue weighted by molar-refractivity contribution is 0.275. The normalized spacial score (nSPS) is 12.4. The summed E-state index contributed by atoms with van der Waals surface area (Å²) in [6, 6.07) is 12.6. The fourth-order valence-corrected chi connectivity index (χ4v) is 2.21. The summed E-state index contributed by atoms with van der Waals surface area (Å²) in [7, 11) is 0. The van der Waals surface area contributed by atoms with Gasteiger partial charge in [-0.15, -0.1) is 0 Å². The molecule has 0 heterocycles. The molecule has 0 aromatic heterocycles. The van der Waals surface area contributed by atoms with Crippen molar-refractivity contribution in [3.8, 4) is 0 Å². The molecule has 0 aliphatic heterocycles. The largest absolute Gasteiger partial charge is 0.392 e. The molecular weight excluding hydrogens is 269 g/mol. The molecule has 21 heavy (non-hydrogen) atoms. The van der Waals surface area contributed by atoms with E-state index < -0.39 is 0 Å². The molecule has 0 bridgehead atoms. The zero-order valence-corrected chi connectivity index (χ0v) is 12.0. The van der Waals surface area contributed by atoms with Crippen molar-refractivity contribution >= 4 is 0 Å². The Morgan fingerprint density at radius 1 is 1.05 bits per heavy atom. The minimum Gasteiger partial charge on any atom is -0.392 e. The molecule has 0 saturated heterocycles. The summed E-state index contributed by atoms with van der Waals surface area (Å²) in [6.07, 6.45) is 0. The number of benzene rings is 2. The molecule has 3 N–H and O–H groups in total. The maximum Gasteiger partial charge on any atom is 0.128 e. The molecule has 0 amide bonds. The van der Waals surface area contributed by atoms with E-state index in [0.717, 1.165) is 16.7 Å². The molecule has 112 valence electrons. The highest BCUT2D eigenvalue weighted by Gasteiger charge is 2.07. The van der Waals surface area contributed by atoms with Gasteiger partial charge < -0.3 is 15.5 Å². The number of aliphatic hydroxyl groups is 2. The van der Waals surface area contributed by atoms with Crippen molar-refractivity contribution in [2.45, 2.75) is 32.7 Å². The summed E-state index contributed by atoms with van der Waals surface area (Å²) in [4.78, 5) is 0. The average molecular weight is 289 g/mol. The standard InChI is InChI=1S/C17H20FNO2/c1-12(15-4-2-3-14(8-15)10-20)19-9-13-5-6-17(18)16(7-13)11-21/h2-8,12,19-21H,9-11H2,1H3. The third-order valence-corrected chi connectivity index (χ3v) is 3.53. The van der Waals surface area contributed by atoms with Gasteiger partial charge in [0.1, 0.15) is 5.82 Å². The van der Waals surface area contributed by atoms with Crippen molar-refractivity contribution in [3.05, 3.63) is 70.5 Å². The molecule has 1 atom stereocenters. The van der Waals surface area contributed by atoms with Crippen LogP contribution in [0.15, 0.2) is 42.5 Å². The molecule has 3 nitrogen and oxygen atoms in total. The second-order valence-corrected chi connectivity index (χ2v) is 5.09. The highest BCUT2D eigenvalue weighted by Crippen LogP contribution is 2.16. The highest BCUT2D eigenvalue weighted by atomic mass is 19.1. The second-order valence-electron chi connectivity index (χ2n) is 5.09. The van der Waals surface area contributed by atoms with Gasteiger partial charge in [0, 0.05) is 18.2 Å². The van der Waals surface area contributed by atoms with Gasteiger partial charge in [-0.2, -0.15) is 0 Å². The Kier molecular flexibility index (Phi) is 5.44. The van der Waals surface area contributed by atoms with Crippen LogP contribution in [0.25, 0.3) is 0 Å². The quantitative estimate of drug-likeness (QED) is 0.766. The monoisotopic (exact) mass is 289 g/mol. The fraction of sp³-hybridized carbons (Fsp3) is 0.294. The summed E-state index contributed by atoms with van der Waals surface area (Å²) in [6.45, 7) is 2.34. The average Bonchev–Trinajstić information content (AvgIpc) is 2.53. The van der Waals surface area contributed by atoms with Crippen molar-refractivity contribution in [1.29, 1.82) is 0 Å². The van der Waals surface area contributed by atoms with Crippen molar-refractivity contribution < 1.29 is 14.6 Å². The first kappa shape index (κ1) is 15.6. The van der Waals surface area contributed by atoms with Gasteiger partial charge in [0.15, 0.2) is 0 Å². The Morgan fingerprint density at radius 3 is 2.57 bits per heavy atom. The van der Waals surface area contributed by atoms with E-state index in [1.165, 1.54) is 6.07 Å². The molecule has 0 fully saturated rings. The lowest BCUT2D eigenvalue weighted by Gasteiger charge is -2.15. The van der Waals surface area contributed by atoms with Gasteiger partial charge in [-0.1, -0.05) is 30.3 Å². The van der Waals surface area contributed by atoms with Gasteiger partial charge >= 0.3 is 0 Å². The Morgan fingerprint density at radius 2 is 1.86 bits per heavy atom. The SMILES string of the molecule is CC(NCc1ccc(F)c(CO)c1)c1cccc(CO)c1. The Hall–Kier alpha value is -1.75. The van der Waals surface area contributed by atoms with Crippen LogP contribution in [0.2, 0.25) is 0 Å². The van der Waals surface area contributed by atoms with Crippen LogP contribution < -0.4 is 5.32 Å². The predicted octanol–water partition coefficient (Wildman–Crippen LogP) is 2.66. The Bertz CT molecular complexity index is 601. The van der Waals surface area contributed by atoms with Crippen molar-refractivity contribution in [3.63, 3.8) is 0 Å². The van der Waals surface area contributed by atoms with E-state index in [4.69, 9.17) is 10.2 Å². The number of hydrogen-bond donors (Lipinski definition) is 3. The maximum absolute atomic E-state index is 13.3. The van der Waals surface area contributed by atoms with Gasteiger partial charge in [0.05, 0.1) is 13.2 Å². The van der Waals surface area contributed by atoms with E-state index in [-0.39, 0.29) is 25.1 Å². The van der Waals surface area contributed by atoms with E-state index >= 15 is 0 Å². The van der Waals surface area contributed by atoms with E-state index in [0.29, 0.717) is 12.1 Å². The topological polar surface area (TPSA) is 52.5 Å². The summed E-state index contributed by atoms with van der Waals surface area (Å²) in [5, 5.41) is 21.6. The van der Waals surface area contributed by atoms with Crippen LogP contribution in [0.3, 0.4) is 0 Å². The Labute approximate surface area is 124 Å². The minimum atomic E-state index is -0.384. The number of halogens is 1. The molecule has 0 saturated carbocycles. The van der Waals surface area contributed by atoms with Gasteiger partial charge in [-0.3, -0.25) is 0 Å². The van der Waals surface area contributed by atoms with Gasteiger partial charge in [-0.25, -0.2) is 4.39 Å². The van der Waals surface area contributed by atoms with Gasteiger partial charge in [0.25, 0.3) is 0 Å². The predicted molar refractivity (Wildman–Crippen MR) is 79.9 cm³/mol. The van der Waals surface area contributed by atoms with E-state index in [1.54, 1.807) is 12.1 Å². The lowest BCUT2D eigenvalue weighted by atomic mass is 10.0. The smallest absolute Gasteiger partial charge is 0.128 e. The lowest BCUT2D eigenvalue weighted by Crippen LogP contribution is -2.18. The van der Waals surface area contributed by atoms with E-state index in [2.05, 4.69) is 5.32 Å². The van der Waals surface area contributed by atoms with Crippen molar-refractivity contribution in [1.82, 2.24) is 5.32 Å². The summed E-state index contributed by atoms with van der Waals surface area (Å²) in [5.41, 5.74) is 3.20. The molecule has 2 aromatic carbocycles. The van der Waals surface area contributed by atoms with E-state index in [1.807, 2.05) is 31.2 Å². The number of aliphatic hydroxyl groups excluding tert-OH is 2. The van der Waals surface area contributed by atoms with Crippen molar-refractivity contribution in [2.75, 3.05) is 0 Å². The van der Waals surface area contributed by atoms with Crippen LogP contribution >= 0.6 is 0 Å². The number of rotatable bonds is 6. The molecular formula is C17H20FNO2. The molecule has 2 rings (SSSR count). The molecule has 0 aliphatic carbocycles.